The molecule has 2 rings (SSSR count). The van der Waals surface area contributed by atoms with Crippen LogP contribution in [0.25, 0.3) is 16.7 Å². The Hall–Kier alpha value is -1.93. The number of halogens is 1. The Morgan fingerprint density at radius 3 is 2.18 bits per heavy atom. The van der Waals surface area contributed by atoms with Gasteiger partial charge in [0.15, 0.2) is 0 Å². The molecule has 1 N–H and O–H groups in total. The van der Waals surface area contributed by atoms with Gasteiger partial charge in [0.05, 0.1) is 0 Å². The number of rotatable bonds is 7. The number of hydrogen-bond donors (Lipinski definition) is 1. The molecule has 0 aromatic heterocycles. The van der Waals surface area contributed by atoms with Crippen LogP contribution in [0.15, 0.2) is 54.6 Å². The third-order valence-corrected chi connectivity index (χ3v) is 3.78. The highest BCUT2D eigenvalue weighted by Crippen LogP contribution is 2.22. The minimum Gasteiger partial charge on any atom is -0.313 e. The average molecular weight is 297 g/mol. The van der Waals surface area contributed by atoms with E-state index in [1.54, 1.807) is 0 Å². The molecule has 0 heterocycles. The minimum atomic E-state index is -0.199. The fourth-order valence-electron chi connectivity index (χ4n) is 2.31. The molecular formula is C20H24FN. The first kappa shape index (κ1) is 16.4. The molecule has 0 unspecified atom stereocenters. The van der Waals surface area contributed by atoms with E-state index in [0.29, 0.717) is 0 Å². The summed E-state index contributed by atoms with van der Waals surface area (Å²) in [5, 5.41) is 3.42. The van der Waals surface area contributed by atoms with Crippen LogP contribution in [-0.4, -0.2) is 13.1 Å². The maximum absolute atomic E-state index is 13.0. The molecule has 0 saturated carbocycles. The first-order chi connectivity index (χ1) is 10.7. The molecule has 2 aromatic rings. The quantitative estimate of drug-likeness (QED) is 0.685. The molecule has 116 valence electrons. The Balaban J connectivity index is 1.98. The van der Waals surface area contributed by atoms with Crippen LogP contribution in [0.1, 0.15) is 32.3 Å². The fraction of sp³-hybridized carbons (Fsp3) is 0.300. The van der Waals surface area contributed by atoms with Crippen LogP contribution < -0.4 is 5.32 Å². The summed E-state index contributed by atoms with van der Waals surface area (Å²) in [4.78, 5) is 0. The zero-order valence-corrected chi connectivity index (χ0v) is 13.4. The van der Waals surface area contributed by atoms with Crippen molar-refractivity contribution in [1.82, 2.24) is 5.32 Å². The molecule has 1 nitrogen and oxygen atoms in total. The predicted octanol–water partition coefficient (Wildman–Crippen LogP) is 5.29. The Morgan fingerprint density at radius 2 is 1.59 bits per heavy atom. The molecule has 0 fully saturated rings. The molecule has 0 amide bonds. The highest BCUT2D eigenvalue weighted by atomic mass is 19.1. The maximum atomic E-state index is 13.0. The molecule has 22 heavy (non-hydrogen) atoms. The van der Waals surface area contributed by atoms with E-state index in [1.165, 1.54) is 36.1 Å². The van der Waals surface area contributed by atoms with Gasteiger partial charge in [0.2, 0.25) is 0 Å². The van der Waals surface area contributed by atoms with Gasteiger partial charge in [-0.2, -0.15) is 0 Å². The molecule has 2 aromatic carbocycles. The van der Waals surface area contributed by atoms with E-state index in [-0.39, 0.29) is 5.82 Å². The SMILES string of the molecule is CCCCNC/C=C(/C)c1ccc(-c2ccc(F)cc2)cc1. The standard InChI is InChI=1S/C20H24FN/c1-3-4-14-22-15-13-16(2)17-5-7-18(8-6-17)19-9-11-20(21)12-10-19/h5-13,22H,3-4,14-15H2,1-2H3/b16-13-. The predicted molar refractivity (Wildman–Crippen MR) is 93.3 cm³/mol. The summed E-state index contributed by atoms with van der Waals surface area (Å²) >= 11 is 0. The summed E-state index contributed by atoms with van der Waals surface area (Å²) in [6.07, 6.45) is 4.67. The van der Waals surface area contributed by atoms with Crippen molar-refractivity contribution >= 4 is 5.57 Å². The lowest BCUT2D eigenvalue weighted by Crippen LogP contribution is -2.14. The van der Waals surface area contributed by atoms with Gasteiger partial charge in [-0.15, -0.1) is 0 Å². The Morgan fingerprint density at radius 1 is 1.00 bits per heavy atom. The summed E-state index contributed by atoms with van der Waals surface area (Å²) in [5.74, 6) is -0.199. The Bertz CT molecular complexity index is 597. The van der Waals surface area contributed by atoms with Gasteiger partial charge in [-0.3, -0.25) is 0 Å². The van der Waals surface area contributed by atoms with Crippen molar-refractivity contribution in [2.24, 2.45) is 0 Å². The van der Waals surface area contributed by atoms with Crippen LogP contribution in [0.3, 0.4) is 0 Å². The van der Waals surface area contributed by atoms with Crippen LogP contribution in [0.5, 0.6) is 0 Å². The molecule has 0 aliphatic carbocycles. The second-order valence-corrected chi connectivity index (χ2v) is 5.53. The third kappa shape index (κ3) is 4.81. The average Bonchev–Trinajstić information content (AvgIpc) is 2.55. The maximum Gasteiger partial charge on any atom is 0.123 e. The Labute approximate surface area is 132 Å². The van der Waals surface area contributed by atoms with Gasteiger partial charge in [-0.1, -0.05) is 55.8 Å². The van der Waals surface area contributed by atoms with Crippen molar-refractivity contribution in [3.63, 3.8) is 0 Å². The van der Waals surface area contributed by atoms with E-state index < -0.39 is 0 Å². The van der Waals surface area contributed by atoms with E-state index in [9.17, 15) is 4.39 Å². The summed E-state index contributed by atoms with van der Waals surface area (Å²) in [6.45, 7) is 6.31. The van der Waals surface area contributed by atoms with Crippen LogP contribution in [0.4, 0.5) is 4.39 Å². The van der Waals surface area contributed by atoms with Gasteiger partial charge >= 0.3 is 0 Å². The van der Waals surface area contributed by atoms with Crippen molar-refractivity contribution in [3.8, 4) is 11.1 Å². The van der Waals surface area contributed by atoms with E-state index in [0.717, 1.165) is 24.2 Å². The topological polar surface area (TPSA) is 12.0 Å². The zero-order valence-electron chi connectivity index (χ0n) is 13.4. The van der Waals surface area contributed by atoms with Gasteiger partial charge in [0.25, 0.3) is 0 Å². The molecule has 0 aliphatic heterocycles. The van der Waals surface area contributed by atoms with E-state index in [2.05, 4.69) is 49.5 Å². The number of allylic oxidation sites excluding steroid dienone is 1. The number of nitrogens with one attached hydrogen (secondary N) is 1. The Kier molecular flexibility index (Phi) is 6.35. The van der Waals surface area contributed by atoms with Crippen molar-refractivity contribution in [3.05, 3.63) is 66.0 Å². The normalized spacial score (nSPS) is 11.7. The third-order valence-electron chi connectivity index (χ3n) is 3.78. The van der Waals surface area contributed by atoms with Crippen LogP contribution in [0.2, 0.25) is 0 Å². The molecule has 0 bridgehead atoms. The van der Waals surface area contributed by atoms with E-state index in [4.69, 9.17) is 0 Å². The molecule has 0 aliphatic rings. The number of hydrogen-bond acceptors (Lipinski definition) is 1. The molecule has 0 spiro atoms. The molecule has 2 heteroatoms. The lowest BCUT2D eigenvalue weighted by atomic mass is 10.0. The van der Waals surface area contributed by atoms with Crippen LogP contribution in [0, 0.1) is 5.82 Å². The summed E-state index contributed by atoms with van der Waals surface area (Å²) in [5.41, 5.74) is 4.64. The van der Waals surface area contributed by atoms with Crippen molar-refractivity contribution in [1.29, 1.82) is 0 Å². The lowest BCUT2D eigenvalue weighted by molar-refractivity contribution is 0.628. The first-order valence-electron chi connectivity index (χ1n) is 7.94. The zero-order chi connectivity index (χ0) is 15.8. The summed E-state index contributed by atoms with van der Waals surface area (Å²) < 4.78 is 13.0. The largest absolute Gasteiger partial charge is 0.313 e. The van der Waals surface area contributed by atoms with Gasteiger partial charge in [0.1, 0.15) is 5.82 Å². The second-order valence-electron chi connectivity index (χ2n) is 5.53. The van der Waals surface area contributed by atoms with Crippen molar-refractivity contribution in [2.75, 3.05) is 13.1 Å². The van der Waals surface area contributed by atoms with Crippen LogP contribution >= 0.6 is 0 Å². The van der Waals surface area contributed by atoms with Gasteiger partial charge in [-0.05, 0) is 54.3 Å². The summed E-state index contributed by atoms with van der Waals surface area (Å²) in [6, 6.07) is 15.0. The smallest absolute Gasteiger partial charge is 0.123 e. The highest BCUT2D eigenvalue weighted by Gasteiger charge is 2.00. The summed E-state index contributed by atoms with van der Waals surface area (Å²) in [7, 11) is 0. The van der Waals surface area contributed by atoms with Gasteiger partial charge < -0.3 is 5.32 Å². The number of benzene rings is 2. The molecular weight excluding hydrogens is 273 g/mol. The minimum absolute atomic E-state index is 0.199. The molecule has 0 radical (unpaired) electrons. The van der Waals surface area contributed by atoms with E-state index >= 15 is 0 Å². The highest BCUT2D eigenvalue weighted by molar-refractivity contribution is 5.69. The van der Waals surface area contributed by atoms with Gasteiger partial charge in [-0.25, -0.2) is 4.39 Å². The monoisotopic (exact) mass is 297 g/mol. The second kappa shape index (κ2) is 8.50. The van der Waals surface area contributed by atoms with Crippen molar-refractivity contribution < 1.29 is 4.39 Å². The first-order valence-corrected chi connectivity index (χ1v) is 7.94. The van der Waals surface area contributed by atoms with Crippen LogP contribution in [-0.2, 0) is 0 Å². The molecule has 0 atom stereocenters. The fourth-order valence-corrected chi connectivity index (χ4v) is 2.31. The van der Waals surface area contributed by atoms with Crippen molar-refractivity contribution in [2.45, 2.75) is 26.7 Å². The van der Waals surface area contributed by atoms with E-state index in [1.807, 2.05) is 12.1 Å². The lowest BCUT2D eigenvalue weighted by Gasteiger charge is -2.06. The van der Waals surface area contributed by atoms with Gasteiger partial charge in [0, 0.05) is 6.54 Å². The number of unbranched alkanes of at least 4 members (excludes halogenated alkanes) is 1. The molecule has 0 saturated heterocycles.